The zero-order valence-electron chi connectivity index (χ0n) is 26.2. The number of nitrogens with zero attached hydrogens (tertiary/aromatic N) is 1. The molecule has 0 unspecified atom stereocenters. The Balaban J connectivity index is 1.18. The van der Waals surface area contributed by atoms with E-state index in [0.29, 0.717) is 0 Å². The molecule has 0 spiro atoms. The van der Waals surface area contributed by atoms with Crippen molar-refractivity contribution in [1.82, 2.24) is 0 Å². The van der Waals surface area contributed by atoms with Crippen LogP contribution in [0, 0.1) is 0 Å². The maximum absolute atomic E-state index is 2.43. The van der Waals surface area contributed by atoms with Gasteiger partial charge in [0.2, 0.25) is 0 Å². The maximum atomic E-state index is 2.43. The molecule has 0 aliphatic carbocycles. The van der Waals surface area contributed by atoms with Gasteiger partial charge in [-0.3, -0.25) is 0 Å². The highest BCUT2D eigenvalue weighted by Gasteiger charge is 2.18. The number of fused-ring (bicyclic) bond motifs is 6. The van der Waals surface area contributed by atoms with Gasteiger partial charge in [-0.1, -0.05) is 109 Å². The molecule has 0 N–H and O–H groups in total. The number of para-hydroxylation sites is 2. The Hall–Kier alpha value is -5.48. The van der Waals surface area contributed by atoms with Crippen molar-refractivity contribution < 1.29 is 0 Å². The molecule has 3 heteroatoms. The molecule has 9 rings (SSSR count). The molecule has 48 heavy (non-hydrogen) atoms. The zero-order chi connectivity index (χ0) is 31.9. The molecule has 0 amide bonds. The summed E-state index contributed by atoms with van der Waals surface area (Å²) < 4.78 is 5.28. The lowest BCUT2D eigenvalue weighted by Crippen LogP contribution is -2.09. The molecule has 228 valence electrons. The quantitative estimate of drug-likeness (QED) is 0.155. The first-order chi connectivity index (χ1) is 23.8. The van der Waals surface area contributed by atoms with Crippen molar-refractivity contribution in [3.05, 3.63) is 187 Å². The van der Waals surface area contributed by atoms with Crippen LogP contribution in [0.15, 0.2) is 170 Å². The zero-order valence-corrected chi connectivity index (χ0v) is 27.8. The summed E-state index contributed by atoms with van der Waals surface area (Å²) in [6.45, 7) is 0. The van der Waals surface area contributed by atoms with E-state index in [9.17, 15) is 0 Å². The van der Waals surface area contributed by atoms with E-state index < -0.39 is 0 Å². The van der Waals surface area contributed by atoms with Crippen molar-refractivity contribution in [2.45, 2.75) is 6.42 Å². The minimum atomic E-state index is 0.836. The van der Waals surface area contributed by atoms with Crippen molar-refractivity contribution in [1.29, 1.82) is 0 Å². The first-order valence-electron chi connectivity index (χ1n) is 16.3. The van der Waals surface area contributed by atoms with Crippen LogP contribution < -0.4 is 4.90 Å². The lowest BCUT2D eigenvalue weighted by Gasteiger charge is -2.26. The maximum Gasteiger partial charge on any atom is 0.0554 e. The van der Waals surface area contributed by atoms with Gasteiger partial charge >= 0.3 is 0 Å². The van der Waals surface area contributed by atoms with E-state index in [-0.39, 0.29) is 0 Å². The van der Waals surface area contributed by atoms with Gasteiger partial charge in [0.15, 0.2) is 0 Å². The number of anilines is 3. The second kappa shape index (κ2) is 12.3. The lowest BCUT2D eigenvalue weighted by atomic mass is 9.94. The number of hydrogen-bond donors (Lipinski definition) is 0. The van der Waals surface area contributed by atoms with Crippen LogP contribution in [0.3, 0.4) is 0 Å². The molecule has 1 nitrogen and oxygen atoms in total. The van der Waals surface area contributed by atoms with Gasteiger partial charge in [-0.2, -0.15) is 0 Å². The van der Waals surface area contributed by atoms with E-state index in [1.807, 2.05) is 22.7 Å². The summed E-state index contributed by atoms with van der Waals surface area (Å²) >= 11 is 3.74. The van der Waals surface area contributed by atoms with Gasteiger partial charge in [-0.15, -0.1) is 22.7 Å². The van der Waals surface area contributed by atoms with Crippen LogP contribution in [0.25, 0.3) is 52.0 Å². The number of thiophene rings is 2. The Morgan fingerprint density at radius 3 is 1.85 bits per heavy atom. The normalized spacial score (nSPS) is 12.0. The minimum Gasteiger partial charge on any atom is -0.310 e. The fraction of sp³-hybridized carbons (Fsp3) is 0.0222. The summed E-state index contributed by atoms with van der Waals surface area (Å²) in [5.74, 6) is 0. The number of benzene rings is 7. The van der Waals surface area contributed by atoms with E-state index in [0.717, 1.165) is 17.8 Å². The van der Waals surface area contributed by atoms with E-state index in [2.05, 4.69) is 181 Å². The third-order valence-electron chi connectivity index (χ3n) is 9.09. The number of allylic oxidation sites excluding steroid dienone is 1. The Kier molecular flexibility index (Phi) is 7.34. The standard InChI is InChI=1S/C45H31NS2/c1-4-13-33(14-5-1)34(27-31-23-25-42-38(29-31)37-19-10-11-21-41(37)47-42)28-32-24-26-43-39(30-32)45-40(20-12-22-44(45)48-43)46(35-15-6-2-7-16-35)36-17-8-3-9-18-36/h1-27,29-30H,28H2/b34-27-. The van der Waals surface area contributed by atoms with E-state index in [4.69, 9.17) is 0 Å². The smallest absolute Gasteiger partial charge is 0.0554 e. The van der Waals surface area contributed by atoms with Crippen LogP contribution in [0.1, 0.15) is 16.7 Å². The molecule has 0 aliphatic rings. The summed E-state index contributed by atoms with van der Waals surface area (Å²) in [7, 11) is 0. The van der Waals surface area contributed by atoms with Crippen LogP contribution in [0.2, 0.25) is 0 Å². The van der Waals surface area contributed by atoms with Crippen molar-refractivity contribution >= 4 is 91.7 Å². The van der Waals surface area contributed by atoms with Gasteiger partial charge in [0.25, 0.3) is 0 Å². The second-order valence-electron chi connectivity index (χ2n) is 12.2. The average Bonchev–Trinajstić information content (AvgIpc) is 3.71. The summed E-state index contributed by atoms with van der Waals surface area (Å²) in [4.78, 5) is 2.39. The van der Waals surface area contributed by atoms with E-state index in [1.54, 1.807) is 0 Å². The van der Waals surface area contributed by atoms with Crippen molar-refractivity contribution in [3.8, 4) is 0 Å². The Morgan fingerprint density at radius 2 is 1.08 bits per heavy atom. The third-order valence-corrected chi connectivity index (χ3v) is 11.4. The molecule has 0 saturated heterocycles. The molecule has 9 aromatic rings. The summed E-state index contributed by atoms with van der Waals surface area (Å²) in [5.41, 5.74) is 8.60. The highest BCUT2D eigenvalue weighted by molar-refractivity contribution is 7.26. The molecular weight excluding hydrogens is 619 g/mol. The molecule has 0 saturated carbocycles. The lowest BCUT2D eigenvalue weighted by molar-refractivity contribution is 1.29. The predicted octanol–water partition coefficient (Wildman–Crippen LogP) is 13.7. The molecule has 0 aliphatic heterocycles. The van der Waals surface area contributed by atoms with Crippen LogP contribution in [-0.2, 0) is 6.42 Å². The average molecular weight is 650 g/mol. The Labute approximate surface area is 288 Å². The van der Waals surface area contributed by atoms with Crippen molar-refractivity contribution in [3.63, 3.8) is 0 Å². The number of rotatable bonds is 7. The Bertz CT molecular complexity index is 2540. The first kappa shape index (κ1) is 28.7. The van der Waals surface area contributed by atoms with Crippen LogP contribution in [-0.4, -0.2) is 0 Å². The van der Waals surface area contributed by atoms with Gasteiger partial charge in [0.05, 0.1) is 5.69 Å². The molecule has 0 fully saturated rings. The SMILES string of the molecule is C(=C(\Cc1ccc2sc3cccc(N(c4ccccc4)c4ccccc4)c3c2c1)c1ccccc1)/c1ccc2sc3ccccc3c2c1. The second-order valence-corrected chi connectivity index (χ2v) is 14.3. The molecule has 7 aromatic carbocycles. The summed E-state index contributed by atoms with van der Waals surface area (Å²) in [6, 6.07) is 61.7. The third kappa shape index (κ3) is 5.28. The van der Waals surface area contributed by atoms with Gasteiger partial charge in [0, 0.05) is 51.7 Å². The molecule has 2 aromatic heterocycles. The van der Waals surface area contributed by atoms with Gasteiger partial charge in [0.1, 0.15) is 0 Å². The molecule has 0 atom stereocenters. The number of hydrogen-bond acceptors (Lipinski definition) is 3. The molecule has 2 heterocycles. The van der Waals surface area contributed by atoms with Crippen LogP contribution in [0.4, 0.5) is 17.1 Å². The van der Waals surface area contributed by atoms with Crippen LogP contribution in [0.5, 0.6) is 0 Å². The van der Waals surface area contributed by atoms with E-state index >= 15 is 0 Å². The molecular formula is C45H31NS2. The fourth-order valence-electron chi connectivity index (χ4n) is 6.88. The predicted molar refractivity (Wildman–Crippen MR) is 211 cm³/mol. The van der Waals surface area contributed by atoms with Crippen molar-refractivity contribution in [2.75, 3.05) is 4.90 Å². The largest absolute Gasteiger partial charge is 0.310 e. The highest BCUT2D eigenvalue weighted by Crippen LogP contribution is 2.45. The Morgan fingerprint density at radius 1 is 0.479 bits per heavy atom. The first-order valence-corrected chi connectivity index (χ1v) is 17.9. The molecule has 0 radical (unpaired) electrons. The molecule has 0 bridgehead atoms. The van der Waals surface area contributed by atoms with Crippen molar-refractivity contribution in [2.24, 2.45) is 0 Å². The monoisotopic (exact) mass is 649 g/mol. The topological polar surface area (TPSA) is 3.24 Å². The van der Waals surface area contributed by atoms with Gasteiger partial charge in [-0.05, 0) is 95.4 Å². The minimum absolute atomic E-state index is 0.836. The van der Waals surface area contributed by atoms with Gasteiger partial charge < -0.3 is 4.90 Å². The van der Waals surface area contributed by atoms with Gasteiger partial charge in [-0.25, -0.2) is 0 Å². The fourth-order valence-corrected chi connectivity index (χ4v) is 9.07. The highest BCUT2D eigenvalue weighted by atomic mass is 32.1. The summed E-state index contributed by atoms with van der Waals surface area (Å²) in [5, 5.41) is 5.27. The van der Waals surface area contributed by atoms with Crippen LogP contribution >= 0.6 is 22.7 Å². The van der Waals surface area contributed by atoms with E-state index in [1.165, 1.54) is 68.3 Å². The summed E-state index contributed by atoms with van der Waals surface area (Å²) in [6.07, 6.45) is 3.22.